The molecule has 2 fully saturated rings. The third kappa shape index (κ3) is 5.04. The zero-order chi connectivity index (χ0) is 17.9. The molecule has 0 saturated carbocycles. The first-order valence-corrected chi connectivity index (χ1v) is 9.05. The molecule has 2 saturated heterocycles. The molecule has 3 rings (SSSR count). The minimum Gasteiger partial charge on any atom is -0.444 e. The van der Waals surface area contributed by atoms with Crippen molar-refractivity contribution in [2.45, 2.75) is 57.6 Å². The summed E-state index contributed by atoms with van der Waals surface area (Å²) in [5.74, 6) is 1.17. The standard InChI is InChI=1S/C18H28N4O3/c1-18(2,3)25-17(23)22-7-4-5-14(10-22)21-16-9-15(19-12-20-16)13-6-8-24-11-13/h9,12-14H,4-8,10-11H2,1-3H3,(H,19,20,21). The number of hydrogen-bond donors (Lipinski definition) is 1. The summed E-state index contributed by atoms with van der Waals surface area (Å²) in [6.07, 6.45) is 4.32. The van der Waals surface area contributed by atoms with Crippen LogP contribution in [0, 0.1) is 0 Å². The summed E-state index contributed by atoms with van der Waals surface area (Å²) in [6, 6.07) is 2.18. The molecule has 3 heterocycles. The Bertz CT molecular complexity index is 596. The van der Waals surface area contributed by atoms with Crippen LogP contribution in [0.25, 0.3) is 0 Å². The summed E-state index contributed by atoms with van der Waals surface area (Å²) in [5, 5.41) is 3.45. The number of anilines is 1. The van der Waals surface area contributed by atoms with Crippen LogP contribution in [0.5, 0.6) is 0 Å². The van der Waals surface area contributed by atoms with Crippen LogP contribution in [0.4, 0.5) is 10.6 Å². The fourth-order valence-corrected chi connectivity index (χ4v) is 3.24. The highest BCUT2D eigenvalue weighted by Crippen LogP contribution is 2.25. The quantitative estimate of drug-likeness (QED) is 0.905. The maximum Gasteiger partial charge on any atom is 0.410 e. The van der Waals surface area contributed by atoms with Crippen molar-refractivity contribution in [2.24, 2.45) is 0 Å². The Morgan fingerprint density at radius 2 is 2.20 bits per heavy atom. The molecule has 2 unspecified atom stereocenters. The van der Waals surface area contributed by atoms with Crippen LogP contribution in [-0.2, 0) is 9.47 Å². The molecule has 2 aliphatic heterocycles. The molecule has 0 aromatic carbocycles. The van der Waals surface area contributed by atoms with Gasteiger partial charge in [0.15, 0.2) is 0 Å². The second kappa shape index (κ2) is 7.56. The van der Waals surface area contributed by atoms with Crippen molar-refractivity contribution in [3.05, 3.63) is 18.1 Å². The van der Waals surface area contributed by atoms with Gasteiger partial charge >= 0.3 is 6.09 Å². The number of rotatable bonds is 3. The van der Waals surface area contributed by atoms with E-state index in [1.807, 2.05) is 26.8 Å². The number of nitrogens with zero attached hydrogens (tertiary/aromatic N) is 3. The largest absolute Gasteiger partial charge is 0.444 e. The molecule has 1 aromatic rings. The van der Waals surface area contributed by atoms with Crippen LogP contribution in [-0.4, -0.2) is 58.9 Å². The van der Waals surface area contributed by atoms with E-state index in [1.54, 1.807) is 11.2 Å². The van der Waals surface area contributed by atoms with Crippen molar-refractivity contribution < 1.29 is 14.3 Å². The number of amides is 1. The van der Waals surface area contributed by atoms with Gasteiger partial charge < -0.3 is 19.7 Å². The van der Waals surface area contributed by atoms with Gasteiger partial charge in [-0.05, 0) is 40.0 Å². The molecule has 1 aromatic heterocycles. The fraction of sp³-hybridized carbons (Fsp3) is 0.722. The van der Waals surface area contributed by atoms with Crippen LogP contribution >= 0.6 is 0 Å². The first kappa shape index (κ1) is 17.9. The second-order valence-electron chi connectivity index (χ2n) is 7.80. The van der Waals surface area contributed by atoms with E-state index < -0.39 is 5.60 Å². The molecule has 1 amide bonds. The SMILES string of the molecule is CC(C)(C)OC(=O)N1CCCC(Nc2cc(C3CCOC3)ncn2)C1. The first-order valence-electron chi connectivity index (χ1n) is 9.05. The van der Waals surface area contributed by atoms with Crippen LogP contribution in [0.15, 0.2) is 12.4 Å². The number of ether oxygens (including phenoxy) is 2. The molecular formula is C18H28N4O3. The van der Waals surface area contributed by atoms with Gasteiger partial charge in [0.2, 0.25) is 0 Å². The highest BCUT2D eigenvalue weighted by atomic mass is 16.6. The Labute approximate surface area is 149 Å². The summed E-state index contributed by atoms with van der Waals surface area (Å²) < 4.78 is 10.9. The Kier molecular flexibility index (Phi) is 5.42. The van der Waals surface area contributed by atoms with Crippen molar-refractivity contribution in [3.63, 3.8) is 0 Å². The average molecular weight is 348 g/mol. The predicted octanol–water partition coefficient (Wildman–Crippen LogP) is 2.79. The van der Waals surface area contributed by atoms with E-state index in [2.05, 4.69) is 15.3 Å². The number of carbonyl (C=O) groups excluding carboxylic acids is 1. The highest BCUT2D eigenvalue weighted by molar-refractivity contribution is 5.68. The minimum absolute atomic E-state index is 0.170. The van der Waals surface area contributed by atoms with Gasteiger partial charge in [0.1, 0.15) is 17.7 Å². The van der Waals surface area contributed by atoms with E-state index >= 15 is 0 Å². The Morgan fingerprint density at radius 1 is 1.36 bits per heavy atom. The minimum atomic E-state index is -0.470. The third-order valence-corrected chi connectivity index (χ3v) is 4.46. The van der Waals surface area contributed by atoms with Crippen LogP contribution in [0.2, 0.25) is 0 Å². The lowest BCUT2D eigenvalue weighted by Crippen LogP contribution is -2.47. The van der Waals surface area contributed by atoms with Crippen molar-refractivity contribution in [2.75, 3.05) is 31.6 Å². The first-order chi connectivity index (χ1) is 11.9. The van der Waals surface area contributed by atoms with Crippen LogP contribution in [0.1, 0.15) is 51.6 Å². The smallest absolute Gasteiger partial charge is 0.410 e. The normalized spacial score (nSPS) is 24.2. The van der Waals surface area contributed by atoms with E-state index in [9.17, 15) is 4.79 Å². The monoisotopic (exact) mass is 348 g/mol. The molecule has 2 atom stereocenters. The van der Waals surface area contributed by atoms with Gasteiger partial charge in [-0.2, -0.15) is 0 Å². The molecule has 0 radical (unpaired) electrons. The van der Waals surface area contributed by atoms with Crippen molar-refractivity contribution in [3.8, 4) is 0 Å². The van der Waals surface area contributed by atoms with Gasteiger partial charge in [0, 0.05) is 37.7 Å². The number of carbonyl (C=O) groups is 1. The zero-order valence-electron chi connectivity index (χ0n) is 15.3. The lowest BCUT2D eigenvalue weighted by molar-refractivity contribution is 0.0206. The van der Waals surface area contributed by atoms with E-state index in [1.165, 1.54) is 0 Å². The van der Waals surface area contributed by atoms with Crippen molar-refractivity contribution in [1.29, 1.82) is 0 Å². The number of nitrogens with one attached hydrogen (secondary N) is 1. The topological polar surface area (TPSA) is 76.6 Å². The second-order valence-corrected chi connectivity index (χ2v) is 7.80. The van der Waals surface area contributed by atoms with Crippen LogP contribution < -0.4 is 5.32 Å². The average Bonchev–Trinajstić information content (AvgIpc) is 3.08. The summed E-state index contributed by atoms with van der Waals surface area (Å²) in [5.41, 5.74) is 0.553. The van der Waals surface area contributed by atoms with Crippen molar-refractivity contribution >= 4 is 11.9 Å². The maximum absolute atomic E-state index is 12.3. The predicted molar refractivity (Wildman–Crippen MR) is 94.7 cm³/mol. The number of piperidine rings is 1. The van der Waals surface area contributed by atoms with Gasteiger partial charge in [-0.1, -0.05) is 0 Å². The molecule has 138 valence electrons. The molecule has 1 N–H and O–H groups in total. The Morgan fingerprint density at radius 3 is 2.92 bits per heavy atom. The van der Waals surface area contributed by atoms with Gasteiger partial charge in [-0.25, -0.2) is 14.8 Å². The molecule has 7 heteroatoms. The number of aromatic nitrogens is 2. The van der Waals surface area contributed by atoms with Crippen molar-refractivity contribution in [1.82, 2.24) is 14.9 Å². The lowest BCUT2D eigenvalue weighted by Gasteiger charge is -2.34. The van der Waals surface area contributed by atoms with Gasteiger partial charge in [-0.3, -0.25) is 0 Å². The van der Waals surface area contributed by atoms with E-state index in [-0.39, 0.29) is 12.1 Å². The fourth-order valence-electron chi connectivity index (χ4n) is 3.24. The molecule has 0 spiro atoms. The van der Waals surface area contributed by atoms with E-state index in [4.69, 9.17) is 9.47 Å². The summed E-state index contributed by atoms with van der Waals surface area (Å²) in [7, 11) is 0. The highest BCUT2D eigenvalue weighted by Gasteiger charge is 2.28. The van der Waals surface area contributed by atoms with Gasteiger partial charge in [0.05, 0.1) is 12.3 Å². The number of hydrogen-bond acceptors (Lipinski definition) is 6. The van der Waals surface area contributed by atoms with E-state index in [0.717, 1.165) is 50.5 Å². The molecular weight excluding hydrogens is 320 g/mol. The molecule has 0 bridgehead atoms. The zero-order valence-corrected chi connectivity index (χ0v) is 15.3. The summed E-state index contributed by atoms with van der Waals surface area (Å²) in [4.78, 5) is 22.8. The molecule has 2 aliphatic rings. The molecule has 25 heavy (non-hydrogen) atoms. The summed E-state index contributed by atoms with van der Waals surface area (Å²) in [6.45, 7) is 8.55. The Hall–Kier alpha value is -1.89. The van der Waals surface area contributed by atoms with E-state index in [0.29, 0.717) is 12.5 Å². The van der Waals surface area contributed by atoms with Crippen LogP contribution in [0.3, 0.4) is 0 Å². The molecule has 7 nitrogen and oxygen atoms in total. The Balaban J connectivity index is 1.59. The summed E-state index contributed by atoms with van der Waals surface area (Å²) >= 11 is 0. The maximum atomic E-state index is 12.3. The van der Waals surface area contributed by atoms with Gasteiger partial charge in [0.25, 0.3) is 0 Å². The lowest BCUT2D eigenvalue weighted by atomic mass is 10.0. The third-order valence-electron chi connectivity index (χ3n) is 4.46. The molecule has 0 aliphatic carbocycles. The van der Waals surface area contributed by atoms with Gasteiger partial charge in [-0.15, -0.1) is 0 Å². The number of likely N-dealkylation sites (tertiary alicyclic amines) is 1.